The highest BCUT2D eigenvalue weighted by Gasteiger charge is 2.53. The van der Waals surface area contributed by atoms with Crippen molar-refractivity contribution >= 4 is 22.7 Å². The molecule has 0 aliphatic carbocycles. The van der Waals surface area contributed by atoms with Crippen LogP contribution in [-0.2, 0) is 16.0 Å². The van der Waals surface area contributed by atoms with Crippen molar-refractivity contribution in [2.75, 3.05) is 6.54 Å². The Balaban J connectivity index is 1.60. The Morgan fingerprint density at radius 1 is 0.893 bits per heavy atom. The van der Waals surface area contributed by atoms with E-state index in [1.54, 1.807) is 0 Å². The van der Waals surface area contributed by atoms with E-state index in [4.69, 9.17) is 0 Å². The van der Waals surface area contributed by atoms with Crippen LogP contribution in [0.15, 0.2) is 54.6 Å². The van der Waals surface area contributed by atoms with Crippen molar-refractivity contribution in [3.8, 4) is 0 Å². The van der Waals surface area contributed by atoms with Crippen molar-refractivity contribution < 1.29 is 9.59 Å². The molecule has 1 N–H and O–H groups in total. The van der Waals surface area contributed by atoms with E-state index < -0.39 is 6.04 Å². The number of carbonyl (C=O) groups is 2. The monoisotopic (exact) mass is 371 g/mol. The zero-order chi connectivity index (χ0) is 18.8. The van der Waals surface area contributed by atoms with Gasteiger partial charge in [-0.25, -0.2) is 0 Å². The van der Waals surface area contributed by atoms with Crippen molar-refractivity contribution in [3.05, 3.63) is 71.4 Å². The highest BCUT2D eigenvalue weighted by atomic mass is 16.2. The summed E-state index contributed by atoms with van der Waals surface area (Å²) in [6.45, 7) is 0.705. The number of fused-ring (bicyclic) bond motifs is 5. The molecule has 6 rings (SSSR count). The van der Waals surface area contributed by atoms with Crippen LogP contribution in [0.1, 0.15) is 35.7 Å². The van der Waals surface area contributed by atoms with Gasteiger partial charge in [0.1, 0.15) is 12.1 Å². The average molecular weight is 371 g/mol. The summed E-state index contributed by atoms with van der Waals surface area (Å²) in [5.74, 6) is 0.208. The van der Waals surface area contributed by atoms with E-state index in [0.29, 0.717) is 13.0 Å². The molecule has 5 heteroatoms. The first-order valence-corrected chi connectivity index (χ1v) is 10.0. The van der Waals surface area contributed by atoms with Gasteiger partial charge in [-0.2, -0.15) is 0 Å². The molecule has 2 amide bonds. The molecule has 1 aromatic heterocycles. The number of hydrogen-bond donors (Lipinski definition) is 1. The first-order chi connectivity index (χ1) is 13.7. The van der Waals surface area contributed by atoms with E-state index in [1.165, 1.54) is 5.56 Å². The standard InChI is InChI=1S/C23H21N3O2/c27-22-19-13-16-15-9-4-5-10-17(15)24-20(16)21(14-7-2-1-3-8-14)26(19)23(28)18-11-6-12-25(18)22/h1-5,7-10,18-19,21,24H,6,11-13H2/t18-,19-,21?/m0/s1. The fourth-order valence-corrected chi connectivity index (χ4v) is 5.39. The normalized spacial score (nSPS) is 26.4. The van der Waals surface area contributed by atoms with Crippen LogP contribution >= 0.6 is 0 Å². The predicted molar refractivity (Wildman–Crippen MR) is 106 cm³/mol. The molecule has 3 aromatic rings. The molecular weight excluding hydrogens is 350 g/mol. The molecule has 3 aliphatic rings. The third-order valence-electron chi connectivity index (χ3n) is 6.61. The Kier molecular flexibility index (Phi) is 3.25. The first kappa shape index (κ1) is 15.9. The van der Waals surface area contributed by atoms with Crippen molar-refractivity contribution in [3.63, 3.8) is 0 Å². The predicted octanol–water partition coefficient (Wildman–Crippen LogP) is 3.02. The van der Waals surface area contributed by atoms with Gasteiger partial charge >= 0.3 is 0 Å². The maximum Gasteiger partial charge on any atom is 0.246 e. The van der Waals surface area contributed by atoms with Gasteiger partial charge < -0.3 is 14.8 Å². The van der Waals surface area contributed by atoms with Gasteiger partial charge in [0.2, 0.25) is 11.8 Å². The molecule has 0 bridgehead atoms. The SMILES string of the molecule is O=C1[C@@H]2Cc3c([nH]c4ccccc34)C(c3ccccc3)N2C(=O)[C@@H]2CCCN12. The lowest BCUT2D eigenvalue weighted by Gasteiger charge is -2.48. The number of rotatable bonds is 1. The lowest BCUT2D eigenvalue weighted by atomic mass is 9.85. The Morgan fingerprint density at radius 2 is 1.68 bits per heavy atom. The third kappa shape index (κ3) is 2.02. The molecule has 4 heterocycles. The number of hydrogen-bond acceptors (Lipinski definition) is 2. The van der Waals surface area contributed by atoms with Crippen LogP contribution in [0.3, 0.4) is 0 Å². The Morgan fingerprint density at radius 3 is 2.54 bits per heavy atom. The Bertz CT molecular complexity index is 1100. The number of amides is 2. The number of aromatic nitrogens is 1. The summed E-state index contributed by atoms with van der Waals surface area (Å²) in [5, 5.41) is 1.15. The number of nitrogens with one attached hydrogen (secondary N) is 1. The molecule has 0 radical (unpaired) electrons. The Hall–Kier alpha value is -3.08. The van der Waals surface area contributed by atoms with Crippen molar-refractivity contribution in [1.29, 1.82) is 0 Å². The van der Waals surface area contributed by atoms with E-state index in [-0.39, 0.29) is 23.9 Å². The molecule has 0 spiro atoms. The summed E-state index contributed by atoms with van der Waals surface area (Å²) < 4.78 is 0. The molecule has 0 saturated carbocycles. The second kappa shape index (κ2) is 5.71. The second-order valence-corrected chi connectivity index (χ2v) is 8.03. The number of benzene rings is 2. The van der Waals surface area contributed by atoms with E-state index in [1.807, 2.05) is 40.1 Å². The van der Waals surface area contributed by atoms with Crippen LogP contribution in [0.4, 0.5) is 0 Å². The minimum Gasteiger partial charge on any atom is -0.356 e. The van der Waals surface area contributed by atoms with Crippen LogP contribution in [0.5, 0.6) is 0 Å². The fraction of sp³-hybridized carbons (Fsp3) is 0.304. The second-order valence-electron chi connectivity index (χ2n) is 8.03. The number of piperazine rings is 1. The van der Waals surface area contributed by atoms with Gasteiger partial charge in [0.05, 0.1) is 6.04 Å². The summed E-state index contributed by atoms with van der Waals surface area (Å²) in [6, 6.07) is 17.4. The van der Waals surface area contributed by atoms with Gasteiger partial charge in [0, 0.05) is 29.6 Å². The number of nitrogens with zero attached hydrogens (tertiary/aromatic N) is 2. The van der Waals surface area contributed by atoms with Crippen molar-refractivity contribution in [2.45, 2.75) is 37.4 Å². The van der Waals surface area contributed by atoms with Crippen LogP contribution in [0.25, 0.3) is 10.9 Å². The average Bonchev–Trinajstić information content (AvgIpc) is 3.36. The van der Waals surface area contributed by atoms with Crippen LogP contribution in [-0.4, -0.2) is 45.2 Å². The molecule has 5 nitrogen and oxygen atoms in total. The smallest absolute Gasteiger partial charge is 0.246 e. The lowest BCUT2D eigenvalue weighted by molar-refractivity contribution is -0.162. The minimum absolute atomic E-state index is 0.0975. The van der Waals surface area contributed by atoms with Gasteiger partial charge in [0.15, 0.2) is 0 Å². The molecule has 3 atom stereocenters. The van der Waals surface area contributed by atoms with E-state index in [9.17, 15) is 9.59 Å². The maximum atomic E-state index is 13.5. The summed E-state index contributed by atoms with van der Waals surface area (Å²) >= 11 is 0. The van der Waals surface area contributed by atoms with Crippen LogP contribution < -0.4 is 0 Å². The highest BCUT2D eigenvalue weighted by Crippen LogP contribution is 2.44. The fourth-order valence-electron chi connectivity index (χ4n) is 5.39. The van der Waals surface area contributed by atoms with E-state index in [2.05, 4.69) is 29.2 Å². The first-order valence-electron chi connectivity index (χ1n) is 10.0. The Labute approximate surface area is 162 Å². The molecule has 1 unspecified atom stereocenters. The van der Waals surface area contributed by atoms with Gasteiger partial charge in [0.25, 0.3) is 0 Å². The molecule has 28 heavy (non-hydrogen) atoms. The van der Waals surface area contributed by atoms with Crippen LogP contribution in [0, 0.1) is 0 Å². The lowest BCUT2D eigenvalue weighted by Crippen LogP contribution is -2.65. The summed E-state index contributed by atoms with van der Waals surface area (Å²) in [6.07, 6.45) is 2.26. The third-order valence-corrected chi connectivity index (χ3v) is 6.61. The maximum absolute atomic E-state index is 13.5. The van der Waals surface area contributed by atoms with Gasteiger partial charge in [-0.15, -0.1) is 0 Å². The zero-order valence-corrected chi connectivity index (χ0v) is 15.5. The molecule has 140 valence electrons. The molecule has 2 aromatic carbocycles. The van der Waals surface area contributed by atoms with Crippen molar-refractivity contribution in [1.82, 2.24) is 14.8 Å². The number of carbonyl (C=O) groups excluding carboxylic acids is 2. The van der Waals surface area contributed by atoms with Crippen molar-refractivity contribution in [2.24, 2.45) is 0 Å². The van der Waals surface area contributed by atoms with Crippen LogP contribution in [0.2, 0.25) is 0 Å². The quantitative estimate of drug-likeness (QED) is 0.715. The number of H-pyrrole nitrogens is 1. The summed E-state index contributed by atoms with van der Waals surface area (Å²) in [5.41, 5.74) is 4.34. The molecule has 2 saturated heterocycles. The topological polar surface area (TPSA) is 56.4 Å². The molecule has 3 aliphatic heterocycles. The zero-order valence-electron chi connectivity index (χ0n) is 15.5. The minimum atomic E-state index is -0.418. The summed E-state index contributed by atoms with van der Waals surface area (Å²) in [7, 11) is 0. The van der Waals surface area contributed by atoms with Gasteiger partial charge in [-0.1, -0.05) is 48.5 Å². The van der Waals surface area contributed by atoms with Gasteiger partial charge in [-0.3, -0.25) is 9.59 Å². The van der Waals surface area contributed by atoms with E-state index >= 15 is 0 Å². The number of aromatic amines is 1. The summed E-state index contributed by atoms with van der Waals surface area (Å²) in [4.78, 5) is 34.1. The number of para-hydroxylation sites is 1. The van der Waals surface area contributed by atoms with E-state index in [0.717, 1.165) is 35.0 Å². The largest absolute Gasteiger partial charge is 0.356 e. The molecular formula is C23H21N3O2. The molecule has 2 fully saturated rings. The van der Waals surface area contributed by atoms with Gasteiger partial charge in [-0.05, 0) is 30.0 Å². The highest BCUT2D eigenvalue weighted by molar-refractivity contribution is 5.99.